The van der Waals surface area contributed by atoms with E-state index in [0.717, 1.165) is 33.3 Å². The normalized spacial score (nSPS) is 18.8. The van der Waals surface area contributed by atoms with Crippen LogP contribution in [0.3, 0.4) is 0 Å². The van der Waals surface area contributed by atoms with E-state index in [0.29, 0.717) is 24.4 Å². The molecule has 6 N–H and O–H groups in total. The van der Waals surface area contributed by atoms with Crippen LogP contribution in [0.5, 0.6) is 11.5 Å². The number of carbonyl (C=O) groups is 4. The number of carbonyl (C=O) groups excluding carboxylic acids is 3. The maximum absolute atomic E-state index is 13.9. The lowest BCUT2D eigenvalue weighted by Gasteiger charge is -2.50. The highest BCUT2D eigenvalue weighted by atomic mass is 32.2. The summed E-state index contributed by atoms with van der Waals surface area (Å²) in [5, 5.41) is 48.8. The molecule has 0 saturated carbocycles. The van der Waals surface area contributed by atoms with Crippen molar-refractivity contribution in [1.29, 1.82) is 0 Å². The van der Waals surface area contributed by atoms with Crippen LogP contribution in [0.15, 0.2) is 82.9 Å². The van der Waals surface area contributed by atoms with Gasteiger partial charge in [-0.05, 0) is 29.8 Å². The van der Waals surface area contributed by atoms with Gasteiger partial charge < -0.3 is 41.1 Å². The highest BCUT2D eigenvalue weighted by Gasteiger charge is 2.53. The quantitative estimate of drug-likeness (QED) is 0.0448. The zero-order valence-corrected chi connectivity index (χ0v) is 26.4. The molecule has 16 nitrogen and oxygen atoms in total. The lowest BCUT2D eigenvalue weighted by molar-refractivity contribution is -0.660. The maximum atomic E-state index is 13.9. The summed E-state index contributed by atoms with van der Waals surface area (Å²) in [4.78, 5) is 60.7. The van der Waals surface area contributed by atoms with Crippen LogP contribution in [0.1, 0.15) is 11.3 Å². The number of carboxylic acids is 2. The summed E-state index contributed by atoms with van der Waals surface area (Å²) in [5.41, 5.74) is 2.69. The maximum Gasteiger partial charge on any atom is 0.362 e. The number of pyridine rings is 1. The lowest BCUT2D eigenvalue weighted by Crippen LogP contribution is -2.71. The van der Waals surface area contributed by atoms with Crippen molar-refractivity contribution >= 4 is 63.8 Å². The van der Waals surface area contributed by atoms with Gasteiger partial charge in [-0.1, -0.05) is 17.3 Å². The second kappa shape index (κ2) is 12.9. The Balaban J connectivity index is 1.17. The molecule has 0 aliphatic carbocycles. The van der Waals surface area contributed by atoms with Crippen molar-refractivity contribution in [1.82, 2.24) is 19.6 Å². The van der Waals surface area contributed by atoms with E-state index >= 15 is 0 Å². The number of nitrogens with two attached hydrogens (primary N) is 1. The number of imidazole rings is 1. The molecule has 2 aliphatic rings. The molecule has 1 fully saturated rings. The average Bonchev–Trinajstić information content (AvgIpc) is 3.70. The van der Waals surface area contributed by atoms with Gasteiger partial charge in [0.2, 0.25) is 0 Å². The molecule has 5 heterocycles. The van der Waals surface area contributed by atoms with Crippen molar-refractivity contribution in [3.63, 3.8) is 0 Å². The molecule has 3 aromatic heterocycles. The van der Waals surface area contributed by atoms with E-state index in [1.165, 1.54) is 11.8 Å². The SMILES string of the molecule is Nc1nc(C(ON=CC(=O)NC2C(=O)N3C(C(=O)[O-])=C(C=CC[n+]4ccn5ccccc54)CSC23)(C(=O)O)c2ccc(F)c(O)c2O)cs1. The molecular formula is C30H24FN7O9S2. The highest BCUT2D eigenvalue weighted by Crippen LogP contribution is 2.44. The number of rotatable bonds is 11. The van der Waals surface area contributed by atoms with E-state index in [1.54, 1.807) is 12.2 Å². The number of phenolic OH excluding ortho intramolecular Hbond substituents is 2. The van der Waals surface area contributed by atoms with Gasteiger partial charge in [-0.15, -0.1) is 23.1 Å². The van der Waals surface area contributed by atoms with Crippen molar-refractivity contribution in [3.8, 4) is 11.5 Å². The van der Waals surface area contributed by atoms with Gasteiger partial charge in [0, 0.05) is 17.2 Å². The number of thioether (sulfide) groups is 1. The summed E-state index contributed by atoms with van der Waals surface area (Å²) in [5.74, 6) is -8.69. The fourth-order valence-corrected chi connectivity index (χ4v) is 7.32. The van der Waals surface area contributed by atoms with Crippen molar-refractivity contribution in [2.24, 2.45) is 5.16 Å². The minimum atomic E-state index is -2.81. The molecular weight excluding hydrogens is 686 g/mol. The number of allylic oxidation sites excluding steroid dienone is 2. The number of benzene rings is 1. The third-order valence-electron chi connectivity index (χ3n) is 7.70. The predicted octanol–water partition coefficient (Wildman–Crippen LogP) is -0.193. The van der Waals surface area contributed by atoms with Crippen molar-refractivity contribution in [2.45, 2.75) is 23.6 Å². The van der Waals surface area contributed by atoms with Gasteiger partial charge in [-0.3, -0.25) is 14.5 Å². The number of halogens is 1. The molecule has 49 heavy (non-hydrogen) atoms. The third-order valence-corrected chi connectivity index (χ3v) is 9.68. The number of fused-ring (bicyclic) bond motifs is 2. The first-order chi connectivity index (χ1) is 23.4. The number of β-lactam (4-membered cyclic amide) rings is 1. The van der Waals surface area contributed by atoms with E-state index < -0.39 is 69.3 Å². The van der Waals surface area contributed by atoms with Crippen molar-refractivity contribution < 1.29 is 53.4 Å². The number of aromatic hydroxyl groups is 2. The topological polar surface area (TPSA) is 236 Å². The number of aromatic nitrogens is 3. The zero-order valence-electron chi connectivity index (χ0n) is 24.8. The Bertz CT molecular complexity index is 2110. The van der Waals surface area contributed by atoms with Crippen LogP contribution in [-0.2, 0) is 36.2 Å². The fraction of sp³-hybridized carbons (Fsp3) is 0.167. The molecule has 0 bridgehead atoms. The summed E-state index contributed by atoms with van der Waals surface area (Å²) in [7, 11) is 0. The number of anilines is 1. The fourth-order valence-electron chi connectivity index (χ4n) is 5.40. The van der Waals surface area contributed by atoms with Crippen LogP contribution in [-0.4, -0.2) is 76.7 Å². The van der Waals surface area contributed by atoms with Gasteiger partial charge in [0.1, 0.15) is 42.3 Å². The molecule has 2 aliphatic heterocycles. The number of amides is 2. The van der Waals surface area contributed by atoms with Gasteiger partial charge in [0.05, 0.1) is 23.4 Å². The van der Waals surface area contributed by atoms with E-state index in [2.05, 4.69) is 15.5 Å². The van der Waals surface area contributed by atoms with E-state index in [1.807, 2.05) is 45.8 Å². The Morgan fingerprint density at radius 1 is 1.24 bits per heavy atom. The van der Waals surface area contributed by atoms with Crippen LogP contribution < -0.4 is 20.7 Å². The summed E-state index contributed by atoms with van der Waals surface area (Å²) < 4.78 is 17.7. The Morgan fingerprint density at radius 2 is 2.04 bits per heavy atom. The molecule has 1 aromatic carbocycles. The van der Waals surface area contributed by atoms with Crippen LogP contribution >= 0.6 is 23.1 Å². The van der Waals surface area contributed by atoms with Gasteiger partial charge in [-0.25, -0.2) is 23.1 Å². The summed E-state index contributed by atoms with van der Waals surface area (Å²) >= 11 is 2.01. The third kappa shape index (κ3) is 5.78. The molecule has 0 radical (unpaired) electrons. The second-order valence-electron chi connectivity index (χ2n) is 10.6. The molecule has 3 unspecified atom stereocenters. The molecule has 3 atom stereocenters. The van der Waals surface area contributed by atoms with Crippen LogP contribution in [0.25, 0.3) is 5.65 Å². The smallest absolute Gasteiger partial charge is 0.362 e. The molecule has 0 spiro atoms. The highest BCUT2D eigenvalue weighted by molar-refractivity contribution is 8.00. The number of aliphatic carboxylic acids is 2. The van der Waals surface area contributed by atoms with Gasteiger partial charge in [0.25, 0.3) is 17.5 Å². The standard InChI is InChI=1S/C30H24FN7O9S2/c31-17-7-6-16(23(40)24(17)41)30(28(45)46,18-14-49-29(32)34-18)47-33-12-19(39)35-21-25(42)38-22(27(43)44)15(13-48-26(21)38)4-3-9-37-11-10-36-8-2-1-5-20(36)37/h1-8,10-12,14,21,26H,9,13H2,(H6-,32,33,34,35,39,40,41,43,44,45,46). The molecule has 4 aromatic rings. The minimum absolute atomic E-state index is 0.105. The van der Waals surface area contributed by atoms with Crippen LogP contribution in [0.4, 0.5) is 9.52 Å². The van der Waals surface area contributed by atoms with Crippen molar-refractivity contribution in [3.05, 3.63) is 94.8 Å². The number of oxime groups is 1. The first-order valence-electron chi connectivity index (χ1n) is 14.1. The number of phenols is 2. The summed E-state index contributed by atoms with van der Waals surface area (Å²) in [6, 6.07) is 6.02. The van der Waals surface area contributed by atoms with E-state index in [-0.39, 0.29) is 16.6 Å². The number of nitrogens with one attached hydrogen (secondary N) is 1. The van der Waals surface area contributed by atoms with Gasteiger partial charge in [-0.2, -0.15) is 0 Å². The molecule has 19 heteroatoms. The van der Waals surface area contributed by atoms with Crippen LogP contribution in [0, 0.1) is 5.82 Å². The molecule has 2 amide bonds. The number of hydrogen-bond donors (Lipinski definition) is 5. The molecule has 252 valence electrons. The van der Waals surface area contributed by atoms with Crippen molar-refractivity contribution in [2.75, 3.05) is 11.5 Å². The molecule has 1 saturated heterocycles. The number of nitrogens with zero attached hydrogens (tertiary/aromatic N) is 5. The largest absolute Gasteiger partial charge is 0.543 e. The first kappa shape index (κ1) is 33.0. The Morgan fingerprint density at radius 3 is 2.76 bits per heavy atom. The van der Waals surface area contributed by atoms with Crippen LogP contribution in [0.2, 0.25) is 0 Å². The van der Waals surface area contributed by atoms with Gasteiger partial charge in [0.15, 0.2) is 22.4 Å². The van der Waals surface area contributed by atoms with Gasteiger partial charge >= 0.3 is 11.6 Å². The summed E-state index contributed by atoms with van der Waals surface area (Å²) in [6.45, 7) is 0.424. The monoisotopic (exact) mass is 709 g/mol. The number of carboxylic acid groups (broad SMARTS) is 2. The number of hydrogen-bond acceptors (Lipinski definition) is 13. The Kier molecular flexibility index (Phi) is 8.69. The minimum Gasteiger partial charge on any atom is -0.543 e. The van der Waals surface area contributed by atoms with E-state index in [9.17, 15) is 44.0 Å². The lowest BCUT2D eigenvalue weighted by atomic mass is 9.89. The Hall–Kier alpha value is -5.95. The predicted molar refractivity (Wildman–Crippen MR) is 168 cm³/mol. The van der Waals surface area contributed by atoms with E-state index in [4.69, 9.17) is 10.6 Å². The number of nitrogen functional groups attached to an aromatic ring is 1. The first-order valence-corrected chi connectivity index (χ1v) is 16.1. The second-order valence-corrected chi connectivity index (χ2v) is 12.5. The molecule has 6 rings (SSSR count). The zero-order chi connectivity index (χ0) is 35.0. The Labute approximate surface area is 282 Å². The average molecular weight is 710 g/mol. The summed E-state index contributed by atoms with van der Waals surface area (Å²) in [6.07, 6.45) is 9.51. The number of thiazole rings is 1.